The summed E-state index contributed by atoms with van der Waals surface area (Å²) in [7, 11) is 4.13. The number of esters is 1. The molecular formula is C23H22BrF4NO3. The minimum absolute atomic E-state index is 0. The maximum atomic E-state index is 13.9. The molecule has 32 heavy (non-hydrogen) atoms. The van der Waals surface area contributed by atoms with E-state index in [2.05, 4.69) is 26.2 Å². The van der Waals surface area contributed by atoms with Gasteiger partial charge in [0, 0.05) is 36.1 Å². The standard InChI is InChI=1S/C23H22F4NO3.BrH/c1-28(2)19-3-4-20(28)12-21(11-19)31-22(29)23(30,13-5-15(24)9-16(25)6-13)14-7-17(26)10-18(27)8-14;/h3-10,19-21,30H,11-12H2,1-2H3;1H/q+1;/p-1/t19-,20?,21?;/m1./s1. The number of ether oxygens (including phenoxy) is 1. The van der Waals surface area contributed by atoms with Gasteiger partial charge in [0.2, 0.25) is 5.60 Å². The molecule has 0 aromatic heterocycles. The average Bonchev–Trinajstić information content (AvgIpc) is 2.82. The molecule has 2 unspecified atom stereocenters. The molecule has 2 aromatic carbocycles. The molecule has 2 heterocycles. The zero-order chi connectivity index (χ0) is 22.6. The van der Waals surface area contributed by atoms with E-state index in [1.807, 2.05) is 0 Å². The van der Waals surface area contributed by atoms with Gasteiger partial charge in [0.05, 0.1) is 14.1 Å². The van der Waals surface area contributed by atoms with Crippen LogP contribution in [0.3, 0.4) is 0 Å². The van der Waals surface area contributed by atoms with Gasteiger partial charge in [0.15, 0.2) is 0 Å². The molecule has 0 aliphatic carbocycles. The molecule has 2 bridgehead atoms. The highest BCUT2D eigenvalue weighted by Crippen LogP contribution is 2.38. The van der Waals surface area contributed by atoms with Gasteiger partial charge in [-0.15, -0.1) is 0 Å². The number of quaternary nitrogens is 1. The van der Waals surface area contributed by atoms with Crippen LogP contribution in [-0.2, 0) is 15.1 Å². The lowest BCUT2D eigenvalue weighted by Gasteiger charge is -2.44. The number of fused-ring (bicyclic) bond motifs is 2. The first kappa shape index (κ1) is 24.4. The van der Waals surface area contributed by atoms with Gasteiger partial charge in [-0.25, -0.2) is 22.4 Å². The van der Waals surface area contributed by atoms with E-state index in [1.54, 1.807) is 0 Å². The number of rotatable bonds is 4. The molecular weight excluding hydrogens is 494 g/mol. The summed E-state index contributed by atoms with van der Waals surface area (Å²) in [5.74, 6) is -5.48. The fourth-order valence-electron chi connectivity index (χ4n) is 4.54. The molecule has 3 atom stereocenters. The summed E-state index contributed by atoms with van der Waals surface area (Å²) in [6.07, 6.45) is 4.49. The Balaban J connectivity index is 0.00000289. The van der Waals surface area contributed by atoms with Crippen molar-refractivity contribution in [3.8, 4) is 0 Å². The normalized spacial score (nSPS) is 23.5. The fourth-order valence-corrected chi connectivity index (χ4v) is 4.54. The van der Waals surface area contributed by atoms with Crippen molar-refractivity contribution in [3.05, 3.63) is 82.9 Å². The van der Waals surface area contributed by atoms with Crippen LogP contribution in [0.25, 0.3) is 0 Å². The number of nitrogens with zero attached hydrogens (tertiary/aromatic N) is 1. The van der Waals surface area contributed by atoms with Crippen LogP contribution in [0, 0.1) is 23.3 Å². The molecule has 9 heteroatoms. The van der Waals surface area contributed by atoms with Crippen LogP contribution in [-0.4, -0.2) is 47.8 Å². The molecule has 1 N–H and O–H groups in total. The predicted octanol–water partition coefficient (Wildman–Crippen LogP) is 0.572. The second-order valence-electron chi connectivity index (χ2n) is 8.67. The molecule has 0 saturated carbocycles. The summed E-state index contributed by atoms with van der Waals surface area (Å²) in [4.78, 5) is 13.2. The molecule has 2 aliphatic heterocycles. The van der Waals surface area contributed by atoms with Crippen LogP contribution in [0.2, 0.25) is 0 Å². The molecule has 2 aromatic rings. The molecule has 1 fully saturated rings. The van der Waals surface area contributed by atoms with Crippen molar-refractivity contribution in [3.63, 3.8) is 0 Å². The van der Waals surface area contributed by atoms with Crippen molar-refractivity contribution in [2.75, 3.05) is 14.1 Å². The first-order chi connectivity index (χ1) is 14.5. The first-order valence-corrected chi connectivity index (χ1v) is 9.88. The summed E-state index contributed by atoms with van der Waals surface area (Å²) >= 11 is 0. The topological polar surface area (TPSA) is 46.5 Å². The van der Waals surface area contributed by atoms with E-state index >= 15 is 0 Å². The molecule has 2 aliphatic rings. The van der Waals surface area contributed by atoms with Crippen molar-refractivity contribution < 1.29 is 53.7 Å². The van der Waals surface area contributed by atoms with E-state index in [9.17, 15) is 27.5 Å². The molecule has 0 radical (unpaired) electrons. The van der Waals surface area contributed by atoms with E-state index in [1.165, 1.54) is 0 Å². The molecule has 1 saturated heterocycles. The zero-order valence-electron chi connectivity index (χ0n) is 17.4. The lowest BCUT2D eigenvalue weighted by atomic mass is 9.85. The van der Waals surface area contributed by atoms with E-state index < -0.39 is 52.1 Å². The predicted molar refractivity (Wildman–Crippen MR) is 104 cm³/mol. The molecule has 172 valence electrons. The maximum Gasteiger partial charge on any atom is 0.347 e. The monoisotopic (exact) mass is 515 g/mol. The Morgan fingerprint density at radius 1 is 0.875 bits per heavy atom. The van der Waals surface area contributed by atoms with Crippen molar-refractivity contribution >= 4 is 5.97 Å². The minimum atomic E-state index is -2.81. The van der Waals surface area contributed by atoms with Crippen LogP contribution < -0.4 is 17.0 Å². The first-order valence-electron chi connectivity index (χ1n) is 9.88. The van der Waals surface area contributed by atoms with E-state index in [0.29, 0.717) is 29.5 Å². The summed E-state index contributed by atoms with van der Waals surface area (Å²) in [5.41, 5.74) is -3.85. The summed E-state index contributed by atoms with van der Waals surface area (Å²) in [6.45, 7) is 0. The number of benzene rings is 2. The number of carbonyl (C=O) groups is 1. The lowest BCUT2D eigenvalue weighted by molar-refractivity contribution is -0.926. The van der Waals surface area contributed by atoms with Gasteiger partial charge < -0.3 is 31.3 Å². The van der Waals surface area contributed by atoms with Gasteiger partial charge in [0.1, 0.15) is 41.5 Å². The van der Waals surface area contributed by atoms with Gasteiger partial charge >= 0.3 is 5.97 Å². The second kappa shape index (κ2) is 8.61. The number of likely N-dealkylation sites (N-methyl/N-ethyl adjacent to an activating group) is 1. The Morgan fingerprint density at radius 3 is 1.62 bits per heavy atom. The SMILES string of the molecule is C[N+]1(C)C2C=C[C@@H]1CC(OC(=O)C(O)(c1cc(F)cc(F)c1)c1cc(F)cc(F)c1)C2.[Br-]. The Hall–Kier alpha value is -2.23. The van der Waals surface area contributed by atoms with Crippen molar-refractivity contribution in [1.29, 1.82) is 0 Å². The highest BCUT2D eigenvalue weighted by atomic mass is 79.9. The van der Waals surface area contributed by atoms with Gasteiger partial charge in [-0.2, -0.15) is 0 Å². The Labute approximate surface area is 193 Å². The summed E-state index contributed by atoms with van der Waals surface area (Å²) in [6, 6.07) is 4.26. The second-order valence-corrected chi connectivity index (χ2v) is 8.67. The van der Waals surface area contributed by atoms with Crippen LogP contribution in [0.5, 0.6) is 0 Å². The third-order valence-electron chi connectivity index (χ3n) is 6.40. The van der Waals surface area contributed by atoms with E-state index in [0.717, 1.165) is 24.3 Å². The Morgan fingerprint density at radius 2 is 1.25 bits per heavy atom. The van der Waals surface area contributed by atoms with Crippen LogP contribution >= 0.6 is 0 Å². The van der Waals surface area contributed by atoms with Crippen LogP contribution in [0.1, 0.15) is 24.0 Å². The van der Waals surface area contributed by atoms with E-state index in [4.69, 9.17) is 4.74 Å². The Bertz CT molecular complexity index is 965. The minimum Gasteiger partial charge on any atom is -1.00 e. The summed E-state index contributed by atoms with van der Waals surface area (Å²) < 4.78 is 61.8. The largest absolute Gasteiger partial charge is 1.00 e. The smallest absolute Gasteiger partial charge is 0.347 e. The fraction of sp³-hybridized carbons (Fsp3) is 0.348. The lowest BCUT2D eigenvalue weighted by Crippen LogP contribution is -3.00. The Kier molecular flexibility index (Phi) is 6.57. The zero-order valence-corrected chi connectivity index (χ0v) is 19.0. The van der Waals surface area contributed by atoms with Crippen LogP contribution in [0.4, 0.5) is 17.6 Å². The average molecular weight is 516 g/mol. The number of hydrogen-bond acceptors (Lipinski definition) is 3. The van der Waals surface area contributed by atoms with Gasteiger partial charge in [-0.3, -0.25) is 0 Å². The van der Waals surface area contributed by atoms with Gasteiger partial charge in [-0.05, 0) is 36.4 Å². The number of piperidine rings is 1. The van der Waals surface area contributed by atoms with Crippen LogP contribution in [0.15, 0.2) is 48.6 Å². The third kappa shape index (κ3) is 4.21. The molecule has 0 amide bonds. The quantitative estimate of drug-likeness (QED) is 0.280. The van der Waals surface area contributed by atoms with E-state index in [-0.39, 0.29) is 29.1 Å². The number of hydrogen-bond donors (Lipinski definition) is 1. The summed E-state index contributed by atoms with van der Waals surface area (Å²) in [5, 5.41) is 11.3. The third-order valence-corrected chi connectivity index (χ3v) is 6.40. The van der Waals surface area contributed by atoms with Crippen molar-refractivity contribution in [2.45, 2.75) is 36.6 Å². The number of halogens is 5. The molecule has 4 rings (SSSR count). The molecule has 4 nitrogen and oxygen atoms in total. The van der Waals surface area contributed by atoms with Gasteiger partial charge in [-0.1, -0.05) is 0 Å². The highest BCUT2D eigenvalue weighted by molar-refractivity contribution is 5.85. The maximum absolute atomic E-state index is 13.9. The molecule has 0 spiro atoms. The highest BCUT2D eigenvalue weighted by Gasteiger charge is 2.49. The van der Waals surface area contributed by atoms with Gasteiger partial charge in [0.25, 0.3) is 0 Å². The van der Waals surface area contributed by atoms with Crippen molar-refractivity contribution in [1.82, 2.24) is 0 Å². The van der Waals surface area contributed by atoms with Crippen molar-refractivity contribution in [2.24, 2.45) is 0 Å². The number of carbonyl (C=O) groups excluding carboxylic acids is 1. The number of aliphatic hydroxyl groups is 1.